The SMILES string of the molecule is Cc1nc2ncnn2c(C)c1CCC(=O)NC(C)(C)CN1CCC[C@@H](C)C1. The lowest BCUT2D eigenvalue weighted by atomic mass is 9.97. The maximum atomic E-state index is 12.6. The lowest BCUT2D eigenvalue weighted by Gasteiger charge is -2.37. The van der Waals surface area contributed by atoms with Crippen molar-refractivity contribution in [1.82, 2.24) is 29.8 Å². The van der Waals surface area contributed by atoms with Crippen LogP contribution in [0.25, 0.3) is 5.78 Å². The third kappa shape index (κ3) is 4.83. The maximum Gasteiger partial charge on any atom is 0.252 e. The van der Waals surface area contributed by atoms with E-state index in [1.807, 2.05) is 13.8 Å². The molecule has 3 heterocycles. The summed E-state index contributed by atoms with van der Waals surface area (Å²) in [5.41, 5.74) is 2.77. The number of fused-ring (bicyclic) bond motifs is 1. The van der Waals surface area contributed by atoms with Crippen molar-refractivity contribution in [3.63, 3.8) is 0 Å². The third-order valence-electron chi connectivity index (χ3n) is 5.43. The van der Waals surface area contributed by atoms with Crippen LogP contribution in [-0.4, -0.2) is 55.6 Å². The summed E-state index contributed by atoms with van der Waals surface area (Å²) in [4.78, 5) is 23.7. The summed E-state index contributed by atoms with van der Waals surface area (Å²) in [6, 6.07) is 0. The van der Waals surface area contributed by atoms with Crippen LogP contribution in [0.2, 0.25) is 0 Å². The van der Waals surface area contributed by atoms with Gasteiger partial charge in [0.15, 0.2) is 0 Å². The quantitative estimate of drug-likeness (QED) is 0.842. The van der Waals surface area contributed by atoms with Gasteiger partial charge in [0.1, 0.15) is 6.33 Å². The molecule has 2 aromatic rings. The fourth-order valence-corrected chi connectivity index (χ4v) is 4.22. The van der Waals surface area contributed by atoms with Gasteiger partial charge in [-0.1, -0.05) is 6.92 Å². The van der Waals surface area contributed by atoms with E-state index in [1.54, 1.807) is 4.52 Å². The van der Waals surface area contributed by atoms with Crippen molar-refractivity contribution in [3.8, 4) is 0 Å². The fraction of sp³-hybridized carbons (Fsp3) is 0.700. The average molecular weight is 373 g/mol. The third-order valence-corrected chi connectivity index (χ3v) is 5.43. The molecule has 7 nitrogen and oxygen atoms in total. The minimum atomic E-state index is -0.230. The second-order valence-electron chi connectivity index (χ2n) is 8.65. The van der Waals surface area contributed by atoms with Gasteiger partial charge in [0.25, 0.3) is 5.78 Å². The Labute approximate surface area is 161 Å². The summed E-state index contributed by atoms with van der Waals surface area (Å²) < 4.78 is 1.74. The molecule has 1 aliphatic rings. The van der Waals surface area contributed by atoms with Crippen molar-refractivity contribution in [1.29, 1.82) is 0 Å². The Morgan fingerprint density at radius 1 is 1.37 bits per heavy atom. The molecule has 0 aromatic carbocycles. The van der Waals surface area contributed by atoms with Crippen LogP contribution in [0.4, 0.5) is 0 Å². The molecule has 0 spiro atoms. The van der Waals surface area contributed by atoms with E-state index in [4.69, 9.17) is 0 Å². The second kappa shape index (κ2) is 7.92. The van der Waals surface area contributed by atoms with E-state index in [0.717, 1.165) is 42.5 Å². The molecule has 1 N–H and O–H groups in total. The fourth-order valence-electron chi connectivity index (χ4n) is 4.22. The number of amides is 1. The Bertz CT molecular complexity index is 812. The molecule has 1 fully saturated rings. The van der Waals surface area contributed by atoms with Gasteiger partial charge in [0, 0.05) is 36.4 Å². The normalized spacial score (nSPS) is 18.8. The molecular weight excluding hydrogens is 340 g/mol. The molecule has 1 amide bonds. The average Bonchev–Trinajstić information content (AvgIpc) is 3.02. The maximum absolute atomic E-state index is 12.6. The first kappa shape index (κ1) is 19.7. The molecule has 1 atom stereocenters. The van der Waals surface area contributed by atoms with Crippen LogP contribution >= 0.6 is 0 Å². The van der Waals surface area contributed by atoms with E-state index in [2.05, 4.69) is 46.1 Å². The highest BCUT2D eigenvalue weighted by Crippen LogP contribution is 2.19. The predicted molar refractivity (Wildman–Crippen MR) is 106 cm³/mol. The number of nitrogens with zero attached hydrogens (tertiary/aromatic N) is 5. The molecule has 0 unspecified atom stereocenters. The zero-order valence-electron chi connectivity index (χ0n) is 17.2. The van der Waals surface area contributed by atoms with Crippen molar-refractivity contribution < 1.29 is 4.79 Å². The van der Waals surface area contributed by atoms with Crippen molar-refractivity contribution in [2.24, 2.45) is 5.92 Å². The van der Waals surface area contributed by atoms with Crippen LogP contribution in [0.1, 0.15) is 57.0 Å². The molecule has 0 saturated carbocycles. The number of rotatable bonds is 6. The molecule has 7 heteroatoms. The lowest BCUT2D eigenvalue weighted by Crippen LogP contribution is -2.53. The Balaban J connectivity index is 1.57. The van der Waals surface area contributed by atoms with Crippen molar-refractivity contribution in [3.05, 3.63) is 23.3 Å². The predicted octanol–water partition coefficient (Wildman–Crippen LogP) is 2.30. The molecule has 0 aliphatic carbocycles. The van der Waals surface area contributed by atoms with Gasteiger partial charge in [-0.05, 0) is 65.0 Å². The van der Waals surface area contributed by atoms with Crippen LogP contribution in [0.3, 0.4) is 0 Å². The van der Waals surface area contributed by atoms with Crippen LogP contribution in [0.15, 0.2) is 6.33 Å². The van der Waals surface area contributed by atoms with Crippen LogP contribution in [0, 0.1) is 19.8 Å². The molecule has 1 aliphatic heterocycles. The summed E-state index contributed by atoms with van der Waals surface area (Å²) in [5.74, 6) is 1.44. The minimum Gasteiger partial charge on any atom is -0.350 e. The number of hydrogen-bond acceptors (Lipinski definition) is 5. The van der Waals surface area contributed by atoms with Gasteiger partial charge >= 0.3 is 0 Å². The largest absolute Gasteiger partial charge is 0.350 e. The Kier molecular flexibility index (Phi) is 5.79. The topological polar surface area (TPSA) is 75.4 Å². The number of nitrogens with one attached hydrogen (secondary N) is 1. The number of hydrogen-bond donors (Lipinski definition) is 1. The van der Waals surface area contributed by atoms with Gasteiger partial charge < -0.3 is 10.2 Å². The molecule has 1 saturated heterocycles. The van der Waals surface area contributed by atoms with Gasteiger partial charge in [0.2, 0.25) is 5.91 Å². The lowest BCUT2D eigenvalue weighted by molar-refractivity contribution is -0.122. The van der Waals surface area contributed by atoms with Crippen molar-refractivity contribution in [2.75, 3.05) is 19.6 Å². The van der Waals surface area contributed by atoms with Crippen LogP contribution in [-0.2, 0) is 11.2 Å². The van der Waals surface area contributed by atoms with Crippen LogP contribution in [0.5, 0.6) is 0 Å². The van der Waals surface area contributed by atoms with Gasteiger partial charge in [-0.3, -0.25) is 4.79 Å². The Hall–Kier alpha value is -2.02. The number of carbonyl (C=O) groups excluding carboxylic acids is 1. The van der Waals surface area contributed by atoms with Gasteiger partial charge in [0.05, 0.1) is 0 Å². The number of likely N-dealkylation sites (tertiary alicyclic amines) is 1. The highest BCUT2D eigenvalue weighted by molar-refractivity contribution is 5.77. The summed E-state index contributed by atoms with van der Waals surface area (Å²) >= 11 is 0. The zero-order chi connectivity index (χ0) is 19.6. The standard InChI is InChI=1S/C20H32N6O/c1-14-7-6-10-25(11-14)12-20(4,5)24-18(27)9-8-17-15(2)23-19-21-13-22-26(19)16(17)3/h13-14H,6-12H2,1-5H3,(H,24,27)/t14-/m1/s1. The summed E-state index contributed by atoms with van der Waals surface area (Å²) in [7, 11) is 0. The van der Waals surface area contributed by atoms with E-state index < -0.39 is 0 Å². The first-order valence-corrected chi connectivity index (χ1v) is 9.94. The minimum absolute atomic E-state index is 0.0857. The molecule has 0 bridgehead atoms. The number of carbonyl (C=O) groups is 1. The molecule has 148 valence electrons. The zero-order valence-corrected chi connectivity index (χ0v) is 17.2. The van der Waals surface area contributed by atoms with Gasteiger partial charge in [-0.2, -0.15) is 10.1 Å². The van der Waals surface area contributed by atoms with Crippen molar-refractivity contribution >= 4 is 11.7 Å². The van der Waals surface area contributed by atoms with E-state index in [1.165, 1.54) is 19.2 Å². The van der Waals surface area contributed by atoms with Gasteiger partial charge in [-0.25, -0.2) is 9.50 Å². The Morgan fingerprint density at radius 3 is 2.89 bits per heavy atom. The first-order chi connectivity index (χ1) is 12.7. The van der Waals surface area contributed by atoms with Gasteiger partial charge in [-0.15, -0.1) is 0 Å². The van der Waals surface area contributed by atoms with E-state index in [9.17, 15) is 4.79 Å². The molecular formula is C20H32N6O. The monoisotopic (exact) mass is 372 g/mol. The van der Waals surface area contributed by atoms with E-state index in [-0.39, 0.29) is 11.4 Å². The number of aromatic nitrogens is 4. The van der Waals surface area contributed by atoms with Crippen LogP contribution < -0.4 is 5.32 Å². The number of piperidine rings is 1. The summed E-state index contributed by atoms with van der Waals surface area (Å²) in [5, 5.41) is 7.44. The first-order valence-electron chi connectivity index (χ1n) is 9.94. The molecule has 2 aromatic heterocycles. The Morgan fingerprint density at radius 2 is 2.15 bits per heavy atom. The highest BCUT2D eigenvalue weighted by atomic mass is 16.1. The second-order valence-corrected chi connectivity index (χ2v) is 8.65. The van der Waals surface area contributed by atoms with E-state index in [0.29, 0.717) is 18.6 Å². The smallest absolute Gasteiger partial charge is 0.252 e. The van der Waals surface area contributed by atoms with Crippen molar-refractivity contribution in [2.45, 2.75) is 65.8 Å². The molecule has 27 heavy (non-hydrogen) atoms. The number of aryl methyl sites for hydroxylation is 2. The highest BCUT2D eigenvalue weighted by Gasteiger charge is 2.26. The van der Waals surface area contributed by atoms with E-state index >= 15 is 0 Å². The summed E-state index contributed by atoms with van der Waals surface area (Å²) in [6.45, 7) is 13.7. The summed E-state index contributed by atoms with van der Waals surface area (Å²) in [6.07, 6.45) is 5.18. The molecule has 0 radical (unpaired) electrons. The molecule has 3 rings (SSSR count).